The first kappa shape index (κ1) is 19.8. The van der Waals surface area contributed by atoms with Crippen LogP contribution in [0, 0.1) is 11.3 Å². The Balaban J connectivity index is 1.88. The van der Waals surface area contributed by atoms with Gasteiger partial charge in [-0.3, -0.25) is 9.69 Å². The summed E-state index contributed by atoms with van der Waals surface area (Å²) >= 11 is 1.41. The molecule has 0 aliphatic heterocycles. The lowest BCUT2D eigenvalue weighted by Gasteiger charge is -2.17. The number of anilines is 1. The highest BCUT2D eigenvalue weighted by molar-refractivity contribution is 7.99. The maximum absolute atomic E-state index is 12.3. The molecule has 5 nitrogen and oxygen atoms in total. The standard InChI is InChI=1S/C20H23N3O2S/c1-3-25-17-10-8-16(9-11-17)14-23(2)15-20(24)22-18-6-4-5-7-19(18)26-13-12-21/h4-11H,3,13-15H2,1-2H3,(H,22,24). The van der Waals surface area contributed by atoms with E-state index in [2.05, 4.69) is 11.4 Å². The van der Waals surface area contributed by atoms with Gasteiger partial charge >= 0.3 is 0 Å². The van der Waals surface area contributed by atoms with E-state index in [1.54, 1.807) is 0 Å². The van der Waals surface area contributed by atoms with E-state index in [-0.39, 0.29) is 12.5 Å². The van der Waals surface area contributed by atoms with Crippen molar-refractivity contribution in [1.29, 1.82) is 5.26 Å². The van der Waals surface area contributed by atoms with Crippen molar-refractivity contribution < 1.29 is 9.53 Å². The molecule has 0 heterocycles. The Hall–Kier alpha value is -2.49. The molecular weight excluding hydrogens is 346 g/mol. The fourth-order valence-corrected chi connectivity index (χ4v) is 3.14. The molecular formula is C20H23N3O2S. The van der Waals surface area contributed by atoms with Gasteiger partial charge in [-0.05, 0) is 43.8 Å². The number of nitriles is 1. The van der Waals surface area contributed by atoms with E-state index in [0.29, 0.717) is 18.9 Å². The number of hydrogen-bond acceptors (Lipinski definition) is 5. The van der Waals surface area contributed by atoms with E-state index < -0.39 is 0 Å². The lowest BCUT2D eigenvalue weighted by molar-refractivity contribution is -0.117. The van der Waals surface area contributed by atoms with Crippen molar-refractivity contribution in [1.82, 2.24) is 4.90 Å². The second-order valence-electron chi connectivity index (χ2n) is 5.74. The zero-order chi connectivity index (χ0) is 18.8. The van der Waals surface area contributed by atoms with Crippen molar-refractivity contribution >= 4 is 23.4 Å². The zero-order valence-electron chi connectivity index (χ0n) is 15.1. The third-order valence-electron chi connectivity index (χ3n) is 3.55. The molecule has 26 heavy (non-hydrogen) atoms. The highest BCUT2D eigenvalue weighted by atomic mass is 32.2. The molecule has 136 valence electrons. The Morgan fingerprint density at radius 1 is 1.23 bits per heavy atom. The number of carbonyl (C=O) groups is 1. The predicted octanol–water partition coefficient (Wildman–Crippen LogP) is 3.77. The molecule has 0 fully saturated rings. The normalized spacial score (nSPS) is 10.4. The Bertz CT molecular complexity index is 756. The summed E-state index contributed by atoms with van der Waals surface area (Å²) in [5.74, 6) is 1.12. The monoisotopic (exact) mass is 369 g/mol. The fourth-order valence-electron chi connectivity index (χ4n) is 2.47. The van der Waals surface area contributed by atoms with Gasteiger partial charge in [0, 0.05) is 11.4 Å². The van der Waals surface area contributed by atoms with Gasteiger partial charge < -0.3 is 10.1 Å². The van der Waals surface area contributed by atoms with Crippen molar-refractivity contribution in [3.05, 3.63) is 54.1 Å². The number of nitrogens with one attached hydrogen (secondary N) is 1. The van der Waals surface area contributed by atoms with Gasteiger partial charge in [0.15, 0.2) is 0 Å². The number of ether oxygens (including phenoxy) is 1. The molecule has 0 aromatic heterocycles. The van der Waals surface area contributed by atoms with Crippen LogP contribution in [0.25, 0.3) is 0 Å². The molecule has 0 aliphatic carbocycles. The molecule has 1 N–H and O–H groups in total. The number of nitrogens with zero attached hydrogens (tertiary/aromatic N) is 2. The van der Waals surface area contributed by atoms with Crippen LogP contribution in [0.1, 0.15) is 12.5 Å². The van der Waals surface area contributed by atoms with Gasteiger partial charge in [0.1, 0.15) is 5.75 Å². The number of rotatable bonds is 9. The Morgan fingerprint density at radius 3 is 2.65 bits per heavy atom. The zero-order valence-corrected chi connectivity index (χ0v) is 15.9. The molecule has 0 radical (unpaired) electrons. The number of thioether (sulfide) groups is 1. The molecule has 0 unspecified atom stereocenters. The summed E-state index contributed by atoms with van der Waals surface area (Å²) in [6.07, 6.45) is 0. The minimum absolute atomic E-state index is 0.0801. The summed E-state index contributed by atoms with van der Waals surface area (Å²) in [6, 6.07) is 17.5. The average Bonchev–Trinajstić information content (AvgIpc) is 2.62. The second kappa shape index (κ2) is 10.5. The molecule has 6 heteroatoms. The molecule has 2 rings (SSSR count). The molecule has 0 saturated carbocycles. The minimum atomic E-state index is -0.0801. The number of para-hydroxylation sites is 1. The van der Waals surface area contributed by atoms with Gasteiger partial charge in [0.25, 0.3) is 0 Å². The summed E-state index contributed by atoms with van der Waals surface area (Å²) in [7, 11) is 1.91. The topological polar surface area (TPSA) is 65.4 Å². The van der Waals surface area contributed by atoms with Crippen molar-refractivity contribution in [2.75, 3.05) is 31.3 Å². The largest absolute Gasteiger partial charge is 0.494 e. The van der Waals surface area contributed by atoms with Gasteiger partial charge in [0.2, 0.25) is 5.91 Å². The van der Waals surface area contributed by atoms with Crippen LogP contribution in [-0.2, 0) is 11.3 Å². The summed E-state index contributed by atoms with van der Waals surface area (Å²) in [5, 5.41) is 11.7. The molecule has 2 aromatic carbocycles. The van der Waals surface area contributed by atoms with Gasteiger partial charge in [-0.2, -0.15) is 5.26 Å². The number of carbonyl (C=O) groups excluding carboxylic acids is 1. The van der Waals surface area contributed by atoms with Crippen LogP contribution in [-0.4, -0.2) is 36.8 Å². The maximum atomic E-state index is 12.3. The van der Waals surface area contributed by atoms with Gasteiger partial charge in [-0.25, -0.2) is 0 Å². The van der Waals surface area contributed by atoms with Crippen LogP contribution in [0.3, 0.4) is 0 Å². The molecule has 1 amide bonds. The van der Waals surface area contributed by atoms with Gasteiger partial charge in [-0.15, -0.1) is 11.8 Å². The first-order valence-corrected chi connectivity index (χ1v) is 9.40. The Morgan fingerprint density at radius 2 is 1.96 bits per heavy atom. The van der Waals surface area contributed by atoms with Gasteiger partial charge in [0.05, 0.1) is 30.7 Å². The summed E-state index contributed by atoms with van der Waals surface area (Å²) < 4.78 is 5.44. The lowest BCUT2D eigenvalue weighted by atomic mass is 10.2. The SMILES string of the molecule is CCOc1ccc(CN(C)CC(=O)Nc2ccccc2SCC#N)cc1. The van der Waals surface area contributed by atoms with Crippen LogP contribution >= 0.6 is 11.8 Å². The summed E-state index contributed by atoms with van der Waals surface area (Å²) in [4.78, 5) is 15.2. The molecule has 0 bridgehead atoms. The first-order valence-electron chi connectivity index (χ1n) is 8.41. The average molecular weight is 369 g/mol. The van der Waals surface area contributed by atoms with E-state index in [4.69, 9.17) is 10.00 Å². The van der Waals surface area contributed by atoms with Crippen LogP contribution in [0.2, 0.25) is 0 Å². The van der Waals surface area contributed by atoms with E-state index >= 15 is 0 Å². The van der Waals surface area contributed by atoms with E-state index in [1.807, 2.05) is 67.4 Å². The maximum Gasteiger partial charge on any atom is 0.238 e. The highest BCUT2D eigenvalue weighted by Crippen LogP contribution is 2.26. The number of hydrogen-bond donors (Lipinski definition) is 1. The number of likely N-dealkylation sites (N-methyl/N-ethyl adjacent to an activating group) is 1. The summed E-state index contributed by atoms with van der Waals surface area (Å²) in [6.45, 7) is 3.56. The van der Waals surface area contributed by atoms with Crippen LogP contribution < -0.4 is 10.1 Å². The smallest absolute Gasteiger partial charge is 0.238 e. The molecule has 0 atom stereocenters. The minimum Gasteiger partial charge on any atom is -0.494 e. The van der Waals surface area contributed by atoms with E-state index in [9.17, 15) is 4.79 Å². The number of amides is 1. The summed E-state index contributed by atoms with van der Waals surface area (Å²) in [5.41, 5.74) is 1.86. The van der Waals surface area contributed by atoms with Crippen molar-refractivity contribution in [3.8, 4) is 11.8 Å². The van der Waals surface area contributed by atoms with Crippen molar-refractivity contribution in [2.24, 2.45) is 0 Å². The fraction of sp³-hybridized carbons (Fsp3) is 0.300. The van der Waals surface area contributed by atoms with Gasteiger partial charge in [-0.1, -0.05) is 24.3 Å². The Kier molecular flexibility index (Phi) is 8.00. The number of benzene rings is 2. The Labute approximate surface area is 159 Å². The van der Waals surface area contributed by atoms with E-state index in [0.717, 1.165) is 21.9 Å². The van der Waals surface area contributed by atoms with Crippen molar-refractivity contribution in [2.45, 2.75) is 18.4 Å². The third kappa shape index (κ3) is 6.43. The first-order chi connectivity index (χ1) is 12.6. The predicted molar refractivity (Wildman–Crippen MR) is 105 cm³/mol. The molecule has 0 spiro atoms. The third-order valence-corrected chi connectivity index (χ3v) is 4.49. The lowest BCUT2D eigenvalue weighted by Crippen LogP contribution is -2.30. The second-order valence-corrected chi connectivity index (χ2v) is 6.76. The van der Waals surface area contributed by atoms with Crippen LogP contribution in [0.5, 0.6) is 5.75 Å². The van der Waals surface area contributed by atoms with E-state index in [1.165, 1.54) is 11.8 Å². The van der Waals surface area contributed by atoms with Crippen LogP contribution in [0.4, 0.5) is 5.69 Å². The molecule has 0 saturated heterocycles. The molecule has 0 aliphatic rings. The van der Waals surface area contributed by atoms with Crippen LogP contribution in [0.15, 0.2) is 53.4 Å². The quantitative estimate of drug-likeness (QED) is 0.682. The molecule has 2 aromatic rings. The van der Waals surface area contributed by atoms with Crippen molar-refractivity contribution in [3.63, 3.8) is 0 Å². The highest BCUT2D eigenvalue weighted by Gasteiger charge is 2.10.